The summed E-state index contributed by atoms with van der Waals surface area (Å²) in [6, 6.07) is 3.20. The van der Waals surface area contributed by atoms with Crippen LogP contribution in [0.25, 0.3) is 0 Å². The molecule has 1 aromatic carbocycles. The highest BCUT2D eigenvalue weighted by molar-refractivity contribution is 6.33. The second-order valence-corrected chi connectivity index (χ2v) is 4.91. The van der Waals surface area contributed by atoms with Gasteiger partial charge in [0.05, 0.1) is 10.7 Å². The maximum absolute atomic E-state index is 13.7. The molecule has 106 valence electrons. The van der Waals surface area contributed by atoms with Gasteiger partial charge in [0.15, 0.2) is 5.82 Å². The molecule has 1 aromatic heterocycles. The molecule has 0 unspecified atom stereocenters. The number of nitrogens with zero attached hydrogens (tertiary/aromatic N) is 2. The molecule has 3 nitrogen and oxygen atoms in total. The average molecular weight is 318 g/mol. The number of anilines is 2. The summed E-state index contributed by atoms with van der Waals surface area (Å²) < 4.78 is 26.7. The summed E-state index contributed by atoms with van der Waals surface area (Å²) in [5.41, 5.74) is -0.0507. The molecule has 1 heterocycles. The number of aryl methyl sites for hydroxylation is 1. The van der Waals surface area contributed by atoms with Gasteiger partial charge >= 0.3 is 0 Å². The lowest BCUT2D eigenvalue weighted by atomic mass is 10.3. The van der Waals surface area contributed by atoms with Gasteiger partial charge in [0.1, 0.15) is 22.6 Å². The summed E-state index contributed by atoms with van der Waals surface area (Å²) in [4.78, 5) is 8.25. The van der Waals surface area contributed by atoms with Crippen molar-refractivity contribution in [2.75, 3.05) is 5.32 Å². The Morgan fingerprint density at radius 2 is 1.90 bits per heavy atom. The fourth-order valence-corrected chi connectivity index (χ4v) is 2.10. The van der Waals surface area contributed by atoms with E-state index in [1.54, 1.807) is 0 Å². The molecular formula is C13H11Cl2F2N3. The first-order chi connectivity index (χ1) is 9.49. The van der Waals surface area contributed by atoms with Crippen molar-refractivity contribution >= 4 is 34.7 Å². The lowest BCUT2D eigenvalue weighted by Gasteiger charge is -2.10. The van der Waals surface area contributed by atoms with Crippen molar-refractivity contribution < 1.29 is 8.78 Å². The number of hydrogen-bond donors (Lipinski definition) is 1. The maximum atomic E-state index is 13.7. The fraction of sp³-hybridized carbons (Fsp3) is 0.231. The van der Waals surface area contributed by atoms with E-state index in [-0.39, 0.29) is 15.9 Å². The first-order valence-electron chi connectivity index (χ1n) is 5.94. The summed E-state index contributed by atoms with van der Waals surface area (Å²) in [6.07, 6.45) is 1.50. The van der Waals surface area contributed by atoms with Crippen molar-refractivity contribution in [3.63, 3.8) is 0 Å². The molecule has 0 aliphatic heterocycles. The summed E-state index contributed by atoms with van der Waals surface area (Å²) >= 11 is 11.7. The van der Waals surface area contributed by atoms with Crippen LogP contribution in [0, 0.1) is 11.6 Å². The lowest BCUT2D eigenvalue weighted by Crippen LogP contribution is -2.02. The van der Waals surface area contributed by atoms with Gasteiger partial charge in [-0.15, -0.1) is 0 Å². The zero-order valence-corrected chi connectivity index (χ0v) is 12.1. The quantitative estimate of drug-likeness (QED) is 0.826. The molecule has 0 bridgehead atoms. The molecule has 0 atom stereocenters. The highest BCUT2D eigenvalue weighted by Gasteiger charge is 2.12. The zero-order valence-electron chi connectivity index (χ0n) is 10.6. The van der Waals surface area contributed by atoms with Crippen molar-refractivity contribution in [1.82, 2.24) is 9.97 Å². The van der Waals surface area contributed by atoms with Crippen LogP contribution >= 0.6 is 23.2 Å². The van der Waals surface area contributed by atoms with Gasteiger partial charge in [-0.3, -0.25) is 0 Å². The molecule has 0 fully saturated rings. The second kappa shape index (κ2) is 6.33. The maximum Gasteiger partial charge on any atom is 0.151 e. The molecule has 0 amide bonds. The van der Waals surface area contributed by atoms with Gasteiger partial charge in [0.2, 0.25) is 0 Å². The smallest absolute Gasteiger partial charge is 0.151 e. The zero-order chi connectivity index (χ0) is 14.7. The minimum absolute atomic E-state index is 0.0507. The van der Waals surface area contributed by atoms with Gasteiger partial charge in [-0.05, 0) is 12.5 Å². The second-order valence-electron chi connectivity index (χ2n) is 4.11. The van der Waals surface area contributed by atoms with E-state index in [1.165, 1.54) is 6.07 Å². The highest BCUT2D eigenvalue weighted by Crippen LogP contribution is 2.29. The molecule has 0 aliphatic carbocycles. The summed E-state index contributed by atoms with van der Waals surface area (Å²) in [7, 11) is 0. The van der Waals surface area contributed by atoms with E-state index in [0.717, 1.165) is 18.6 Å². The lowest BCUT2D eigenvalue weighted by molar-refractivity contribution is 0.586. The fourth-order valence-electron chi connectivity index (χ4n) is 1.65. The van der Waals surface area contributed by atoms with Crippen LogP contribution in [-0.2, 0) is 6.42 Å². The number of halogens is 4. The molecule has 0 saturated carbocycles. The Bertz CT molecular complexity index is 612. The van der Waals surface area contributed by atoms with Gasteiger partial charge in [0.25, 0.3) is 0 Å². The summed E-state index contributed by atoms with van der Waals surface area (Å²) in [6.45, 7) is 1.98. The number of aromatic nitrogens is 2. The number of benzene rings is 1. The Hall–Kier alpha value is -1.46. The van der Waals surface area contributed by atoms with E-state index in [0.29, 0.717) is 18.1 Å². The SMILES string of the molecule is CCCc1nc(Cl)cc(Nc2c(F)cc(F)cc2Cl)n1. The Kier molecular flexibility index (Phi) is 4.73. The third-order valence-electron chi connectivity index (χ3n) is 2.47. The molecular weight excluding hydrogens is 307 g/mol. The van der Waals surface area contributed by atoms with Gasteiger partial charge in [0, 0.05) is 18.6 Å². The van der Waals surface area contributed by atoms with E-state index < -0.39 is 11.6 Å². The Labute approximate surface area is 125 Å². The third-order valence-corrected chi connectivity index (χ3v) is 2.97. The Morgan fingerprint density at radius 3 is 2.55 bits per heavy atom. The molecule has 1 N–H and O–H groups in total. The minimum Gasteiger partial charge on any atom is -0.336 e. The molecule has 0 radical (unpaired) electrons. The molecule has 0 saturated heterocycles. The van der Waals surface area contributed by atoms with E-state index >= 15 is 0 Å². The van der Waals surface area contributed by atoms with Gasteiger partial charge in [-0.1, -0.05) is 30.1 Å². The van der Waals surface area contributed by atoms with Crippen molar-refractivity contribution in [2.24, 2.45) is 0 Å². The van der Waals surface area contributed by atoms with Crippen molar-refractivity contribution in [3.05, 3.63) is 45.8 Å². The van der Waals surface area contributed by atoms with Gasteiger partial charge < -0.3 is 5.32 Å². The van der Waals surface area contributed by atoms with E-state index in [1.807, 2.05) is 6.92 Å². The molecule has 2 aromatic rings. The van der Waals surface area contributed by atoms with Crippen LogP contribution in [0.3, 0.4) is 0 Å². The van der Waals surface area contributed by atoms with Crippen LogP contribution in [0.15, 0.2) is 18.2 Å². The van der Waals surface area contributed by atoms with Crippen LogP contribution in [0.4, 0.5) is 20.3 Å². The summed E-state index contributed by atoms with van der Waals surface area (Å²) in [5.74, 6) is -0.700. The van der Waals surface area contributed by atoms with Gasteiger partial charge in [-0.2, -0.15) is 0 Å². The normalized spacial score (nSPS) is 10.7. The topological polar surface area (TPSA) is 37.8 Å². The number of rotatable bonds is 4. The van der Waals surface area contributed by atoms with E-state index in [9.17, 15) is 8.78 Å². The third kappa shape index (κ3) is 3.55. The monoisotopic (exact) mass is 317 g/mol. The van der Waals surface area contributed by atoms with Crippen molar-refractivity contribution in [1.29, 1.82) is 0 Å². The van der Waals surface area contributed by atoms with Crippen LogP contribution < -0.4 is 5.32 Å². The Morgan fingerprint density at radius 1 is 1.15 bits per heavy atom. The molecule has 7 heteroatoms. The minimum atomic E-state index is -0.804. The molecule has 0 aliphatic rings. The molecule has 0 spiro atoms. The van der Waals surface area contributed by atoms with E-state index in [2.05, 4.69) is 15.3 Å². The molecule has 2 rings (SSSR count). The Balaban J connectivity index is 2.35. The first kappa shape index (κ1) is 14.9. The van der Waals surface area contributed by atoms with Crippen LogP contribution in [0.5, 0.6) is 0 Å². The van der Waals surface area contributed by atoms with Gasteiger partial charge in [-0.25, -0.2) is 18.7 Å². The van der Waals surface area contributed by atoms with E-state index in [4.69, 9.17) is 23.2 Å². The summed E-state index contributed by atoms with van der Waals surface area (Å²) in [5, 5.41) is 2.86. The van der Waals surface area contributed by atoms with Crippen molar-refractivity contribution in [3.8, 4) is 0 Å². The number of hydrogen-bond acceptors (Lipinski definition) is 3. The van der Waals surface area contributed by atoms with Crippen molar-refractivity contribution in [2.45, 2.75) is 19.8 Å². The predicted molar refractivity (Wildman–Crippen MR) is 75.7 cm³/mol. The van der Waals surface area contributed by atoms with Crippen LogP contribution in [-0.4, -0.2) is 9.97 Å². The van der Waals surface area contributed by atoms with Crippen LogP contribution in [0.1, 0.15) is 19.2 Å². The van der Waals surface area contributed by atoms with Crippen LogP contribution in [0.2, 0.25) is 10.2 Å². The number of nitrogens with one attached hydrogen (secondary N) is 1. The average Bonchev–Trinajstić information content (AvgIpc) is 2.33. The highest BCUT2D eigenvalue weighted by atomic mass is 35.5. The molecule has 20 heavy (non-hydrogen) atoms. The first-order valence-corrected chi connectivity index (χ1v) is 6.70. The predicted octanol–water partition coefficient (Wildman–Crippen LogP) is 4.76. The standard InChI is InChI=1S/C13H11Cl2F2N3/c1-2-3-11-18-10(15)6-12(19-11)20-13-8(14)4-7(16)5-9(13)17/h4-6H,2-3H2,1H3,(H,18,19,20). The largest absolute Gasteiger partial charge is 0.336 e.